The predicted molar refractivity (Wildman–Crippen MR) is 110 cm³/mol. The third-order valence-corrected chi connectivity index (χ3v) is 5.01. The second-order valence-corrected chi connectivity index (χ2v) is 6.95. The summed E-state index contributed by atoms with van der Waals surface area (Å²) in [5.74, 6) is -0.451. The van der Waals surface area contributed by atoms with Crippen molar-refractivity contribution in [3.05, 3.63) is 69.3 Å². The second-order valence-electron chi connectivity index (χ2n) is 5.75. The Morgan fingerprint density at radius 1 is 1.00 bits per heavy atom. The van der Waals surface area contributed by atoms with Crippen molar-refractivity contribution in [1.29, 1.82) is 0 Å². The number of hydrogen-bond acceptors (Lipinski definition) is 4. The Morgan fingerprint density at radius 3 is 2.54 bits per heavy atom. The molecule has 0 aliphatic rings. The van der Waals surface area contributed by atoms with E-state index in [1.165, 1.54) is 0 Å². The zero-order valence-electron chi connectivity index (χ0n) is 14.1. The van der Waals surface area contributed by atoms with Gasteiger partial charge < -0.3 is 10.3 Å². The van der Waals surface area contributed by atoms with Crippen LogP contribution in [0.3, 0.4) is 0 Å². The van der Waals surface area contributed by atoms with E-state index < -0.39 is 11.8 Å². The molecule has 0 saturated carbocycles. The predicted octanol–water partition coefficient (Wildman–Crippen LogP) is 4.21. The Morgan fingerprint density at radius 2 is 1.75 bits per heavy atom. The summed E-state index contributed by atoms with van der Waals surface area (Å²) in [5.41, 5.74) is 1.96. The van der Waals surface area contributed by atoms with Crippen LogP contribution in [0, 0.1) is 0 Å². The van der Waals surface area contributed by atoms with Gasteiger partial charge in [0.1, 0.15) is 5.69 Å². The number of anilines is 2. The number of benzene rings is 2. The molecule has 2 aromatic carbocycles. The minimum Gasteiger partial charge on any atom is -0.324 e. The number of halogens is 2. The molecule has 0 atom stereocenters. The van der Waals surface area contributed by atoms with Crippen LogP contribution >= 0.6 is 27.5 Å². The van der Waals surface area contributed by atoms with E-state index >= 15 is 0 Å². The minimum atomic E-state index is -0.475. The number of para-hydroxylation sites is 2. The first-order valence-corrected chi connectivity index (χ1v) is 9.26. The van der Waals surface area contributed by atoms with Crippen molar-refractivity contribution in [1.82, 2.24) is 20.2 Å². The van der Waals surface area contributed by atoms with Gasteiger partial charge in [-0.1, -0.05) is 35.9 Å². The number of fused-ring (bicyclic) bond motifs is 1. The van der Waals surface area contributed by atoms with E-state index in [1.807, 2.05) is 24.3 Å². The Labute approximate surface area is 171 Å². The van der Waals surface area contributed by atoms with Gasteiger partial charge in [0.15, 0.2) is 5.82 Å². The Balaban J connectivity index is 1.52. The van der Waals surface area contributed by atoms with Crippen LogP contribution in [0.5, 0.6) is 0 Å². The number of hydrogen-bond donors (Lipinski definition) is 4. The van der Waals surface area contributed by atoms with E-state index in [1.54, 1.807) is 24.3 Å². The lowest BCUT2D eigenvalue weighted by Gasteiger charge is -2.04. The van der Waals surface area contributed by atoms with Gasteiger partial charge in [0.05, 0.1) is 26.1 Å². The second kappa shape index (κ2) is 7.45. The van der Waals surface area contributed by atoms with Crippen LogP contribution in [0.4, 0.5) is 11.8 Å². The van der Waals surface area contributed by atoms with Gasteiger partial charge >= 0.3 is 0 Å². The number of nitrogens with zero attached hydrogens (tertiary/aromatic N) is 2. The van der Waals surface area contributed by atoms with E-state index in [9.17, 15) is 9.59 Å². The van der Waals surface area contributed by atoms with Gasteiger partial charge in [0, 0.05) is 0 Å². The molecule has 0 aliphatic heterocycles. The Bertz CT molecular complexity index is 1170. The molecular weight excluding hydrogens is 448 g/mol. The van der Waals surface area contributed by atoms with E-state index in [0.717, 1.165) is 11.0 Å². The third kappa shape index (κ3) is 3.49. The standard InChI is InChI=1S/C18H12BrClN6O2/c19-13-14(17(28)24-18-21-11-7-3-4-8-12(11)22-18)25-26-15(13)23-16(27)9-5-1-2-6-10(9)20/h1-8H,(H2,21,22,24,28)(H2,23,25,26,27). The molecule has 0 saturated heterocycles. The summed E-state index contributed by atoms with van der Waals surface area (Å²) in [6, 6.07) is 14.0. The van der Waals surface area contributed by atoms with Gasteiger partial charge in [-0.05, 0) is 40.2 Å². The smallest absolute Gasteiger partial charge is 0.277 e. The maximum absolute atomic E-state index is 12.5. The van der Waals surface area contributed by atoms with Gasteiger partial charge in [0.25, 0.3) is 11.8 Å². The summed E-state index contributed by atoms with van der Waals surface area (Å²) < 4.78 is 0.307. The van der Waals surface area contributed by atoms with Crippen LogP contribution < -0.4 is 10.6 Å². The number of aromatic nitrogens is 4. The SMILES string of the molecule is O=C(Nc1n[nH]c(C(=O)Nc2nc3ccccc3[nH]2)c1Br)c1ccccc1Cl. The maximum atomic E-state index is 12.5. The lowest BCUT2D eigenvalue weighted by atomic mass is 10.2. The number of H-pyrrole nitrogens is 2. The first kappa shape index (κ1) is 18.2. The molecule has 4 N–H and O–H groups in total. The fourth-order valence-corrected chi connectivity index (χ4v) is 3.24. The maximum Gasteiger partial charge on any atom is 0.277 e. The molecule has 140 valence electrons. The molecule has 4 aromatic rings. The number of imidazole rings is 1. The normalized spacial score (nSPS) is 10.8. The van der Waals surface area contributed by atoms with Crippen molar-refractivity contribution in [2.24, 2.45) is 0 Å². The molecular formula is C18H12BrClN6O2. The van der Waals surface area contributed by atoms with Crippen molar-refractivity contribution in [2.75, 3.05) is 10.6 Å². The summed E-state index contributed by atoms with van der Waals surface area (Å²) in [6.45, 7) is 0. The molecule has 8 nitrogen and oxygen atoms in total. The van der Waals surface area contributed by atoms with Gasteiger partial charge in [-0.25, -0.2) is 4.98 Å². The highest BCUT2D eigenvalue weighted by molar-refractivity contribution is 9.10. The van der Waals surface area contributed by atoms with Crippen molar-refractivity contribution >= 4 is 62.1 Å². The molecule has 0 radical (unpaired) electrons. The van der Waals surface area contributed by atoms with Crippen molar-refractivity contribution in [2.45, 2.75) is 0 Å². The Hall–Kier alpha value is -3.17. The van der Waals surface area contributed by atoms with Gasteiger partial charge in [-0.3, -0.25) is 20.0 Å². The molecule has 0 unspecified atom stereocenters. The van der Waals surface area contributed by atoms with Crippen LogP contribution in [0.25, 0.3) is 11.0 Å². The highest BCUT2D eigenvalue weighted by Gasteiger charge is 2.21. The van der Waals surface area contributed by atoms with Crippen LogP contribution in [0.15, 0.2) is 53.0 Å². The average Bonchev–Trinajstić information content (AvgIpc) is 3.25. The number of amides is 2. The van der Waals surface area contributed by atoms with Crippen LogP contribution in [0.1, 0.15) is 20.8 Å². The summed E-state index contributed by atoms with van der Waals surface area (Å²) >= 11 is 9.32. The molecule has 0 spiro atoms. The van der Waals surface area contributed by atoms with Gasteiger partial charge in [0.2, 0.25) is 5.95 Å². The summed E-state index contributed by atoms with van der Waals surface area (Å²) in [5, 5.41) is 12.2. The van der Waals surface area contributed by atoms with Gasteiger partial charge in [-0.2, -0.15) is 5.10 Å². The third-order valence-electron chi connectivity index (χ3n) is 3.91. The molecule has 28 heavy (non-hydrogen) atoms. The number of rotatable bonds is 4. The lowest BCUT2D eigenvalue weighted by molar-refractivity contribution is 0.101. The van der Waals surface area contributed by atoms with E-state index in [4.69, 9.17) is 11.6 Å². The van der Waals surface area contributed by atoms with Crippen molar-refractivity contribution < 1.29 is 9.59 Å². The average molecular weight is 460 g/mol. The fourth-order valence-electron chi connectivity index (χ4n) is 2.56. The first-order valence-electron chi connectivity index (χ1n) is 8.09. The highest BCUT2D eigenvalue weighted by Crippen LogP contribution is 2.26. The lowest BCUT2D eigenvalue weighted by Crippen LogP contribution is -2.15. The molecule has 0 bridgehead atoms. The van der Waals surface area contributed by atoms with Crippen molar-refractivity contribution in [3.63, 3.8) is 0 Å². The quantitative estimate of drug-likeness (QED) is 0.366. The summed E-state index contributed by atoms with van der Waals surface area (Å²) in [7, 11) is 0. The number of carbonyl (C=O) groups is 2. The highest BCUT2D eigenvalue weighted by atomic mass is 79.9. The summed E-state index contributed by atoms with van der Waals surface area (Å²) in [6.07, 6.45) is 0. The largest absolute Gasteiger partial charge is 0.324 e. The molecule has 2 amide bonds. The topological polar surface area (TPSA) is 116 Å². The zero-order valence-corrected chi connectivity index (χ0v) is 16.4. The van der Waals surface area contributed by atoms with Crippen LogP contribution in [0.2, 0.25) is 5.02 Å². The molecule has 0 fully saturated rings. The minimum absolute atomic E-state index is 0.134. The molecule has 2 aromatic heterocycles. The number of carbonyl (C=O) groups excluding carboxylic acids is 2. The molecule has 2 heterocycles. The monoisotopic (exact) mass is 458 g/mol. The Kier molecular flexibility index (Phi) is 4.84. The first-order chi connectivity index (χ1) is 13.5. The fraction of sp³-hybridized carbons (Fsp3) is 0. The van der Waals surface area contributed by atoms with Gasteiger partial charge in [-0.15, -0.1) is 0 Å². The van der Waals surface area contributed by atoms with Crippen molar-refractivity contribution in [3.8, 4) is 0 Å². The van der Waals surface area contributed by atoms with E-state index in [-0.39, 0.29) is 11.5 Å². The van der Waals surface area contributed by atoms with Crippen LogP contribution in [-0.2, 0) is 0 Å². The number of aromatic amines is 2. The molecule has 10 heteroatoms. The number of nitrogens with one attached hydrogen (secondary N) is 4. The van der Waals surface area contributed by atoms with Crippen LogP contribution in [-0.4, -0.2) is 32.0 Å². The van der Waals surface area contributed by atoms with E-state index in [0.29, 0.717) is 21.0 Å². The molecule has 0 aliphatic carbocycles. The van der Waals surface area contributed by atoms with E-state index in [2.05, 4.69) is 46.7 Å². The molecule has 4 rings (SSSR count). The summed E-state index contributed by atoms with van der Waals surface area (Å²) in [4.78, 5) is 32.2. The zero-order chi connectivity index (χ0) is 19.7.